The Kier molecular flexibility index (Phi) is 4.56. The van der Waals surface area contributed by atoms with E-state index in [0.29, 0.717) is 13.1 Å². The van der Waals surface area contributed by atoms with Crippen molar-refractivity contribution < 1.29 is 4.39 Å². The zero-order chi connectivity index (χ0) is 15.3. The zero-order valence-electron chi connectivity index (χ0n) is 12.0. The predicted molar refractivity (Wildman–Crippen MR) is 82.2 cm³/mol. The van der Waals surface area contributed by atoms with Crippen molar-refractivity contribution in [3.63, 3.8) is 0 Å². The van der Waals surface area contributed by atoms with Gasteiger partial charge in [-0.1, -0.05) is 30.3 Å². The summed E-state index contributed by atoms with van der Waals surface area (Å²) >= 11 is 0. The first kappa shape index (κ1) is 15.0. The van der Waals surface area contributed by atoms with Gasteiger partial charge in [-0.15, -0.1) is 0 Å². The Balaban J connectivity index is 2.28. The van der Waals surface area contributed by atoms with Crippen LogP contribution in [0.2, 0.25) is 0 Å². The number of anilines is 1. The van der Waals surface area contributed by atoms with Gasteiger partial charge in [0.2, 0.25) is 0 Å². The second-order valence-corrected chi connectivity index (χ2v) is 4.94. The average Bonchev–Trinajstić information content (AvgIpc) is 2.54. The van der Waals surface area contributed by atoms with Crippen LogP contribution in [0.5, 0.6) is 0 Å². The van der Waals surface area contributed by atoms with E-state index in [0.717, 1.165) is 11.3 Å². The maximum Gasteiger partial charge on any atom is 0.147 e. The number of nitrogens with two attached hydrogens (primary N) is 1. The van der Waals surface area contributed by atoms with Crippen molar-refractivity contribution >= 4 is 5.69 Å². The second kappa shape index (κ2) is 6.38. The van der Waals surface area contributed by atoms with Crippen molar-refractivity contribution in [2.75, 3.05) is 18.0 Å². The highest BCUT2D eigenvalue weighted by Gasteiger charge is 2.29. The summed E-state index contributed by atoms with van der Waals surface area (Å²) in [6.07, 6.45) is 0. The van der Waals surface area contributed by atoms with Gasteiger partial charge in [-0.25, -0.2) is 4.39 Å². The lowest BCUT2D eigenvalue weighted by Gasteiger charge is -2.31. The molecule has 0 aliphatic rings. The minimum Gasteiger partial charge on any atom is -0.369 e. The van der Waals surface area contributed by atoms with Crippen LogP contribution in [-0.4, -0.2) is 13.1 Å². The summed E-state index contributed by atoms with van der Waals surface area (Å²) in [5, 5.41) is 9.51. The molecule has 0 saturated heterocycles. The molecular formula is C17H18FN3. The van der Waals surface area contributed by atoms with Crippen LogP contribution in [0.4, 0.5) is 10.1 Å². The summed E-state index contributed by atoms with van der Waals surface area (Å²) in [6, 6.07) is 17.7. The first-order chi connectivity index (χ1) is 10.1. The van der Waals surface area contributed by atoms with Gasteiger partial charge in [0, 0.05) is 12.2 Å². The highest BCUT2D eigenvalue weighted by Crippen LogP contribution is 2.23. The molecule has 108 valence electrons. The van der Waals surface area contributed by atoms with Crippen LogP contribution >= 0.6 is 0 Å². The van der Waals surface area contributed by atoms with Gasteiger partial charge in [0.25, 0.3) is 0 Å². The molecule has 1 atom stereocenters. The van der Waals surface area contributed by atoms with E-state index >= 15 is 0 Å². The lowest BCUT2D eigenvalue weighted by molar-refractivity contribution is 0.557. The lowest BCUT2D eigenvalue weighted by Crippen LogP contribution is -2.47. The molecule has 21 heavy (non-hydrogen) atoms. The minimum atomic E-state index is -1.11. The van der Waals surface area contributed by atoms with E-state index in [4.69, 9.17) is 5.73 Å². The minimum absolute atomic E-state index is 0.280. The zero-order valence-corrected chi connectivity index (χ0v) is 12.0. The molecular weight excluding hydrogens is 265 g/mol. The van der Waals surface area contributed by atoms with Crippen molar-refractivity contribution in [1.82, 2.24) is 0 Å². The Hall–Kier alpha value is -2.38. The number of hydrogen-bond acceptors (Lipinski definition) is 3. The highest BCUT2D eigenvalue weighted by atomic mass is 19.1. The van der Waals surface area contributed by atoms with Gasteiger partial charge >= 0.3 is 0 Å². The van der Waals surface area contributed by atoms with Gasteiger partial charge in [0.1, 0.15) is 11.4 Å². The fourth-order valence-electron chi connectivity index (χ4n) is 2.27. The van der Waals surface area contributed by atoms with Crippen LogP contribution in [0, 0.1) is 17.1 Å². The highest BCUT2D eigenvalue weighted by molar-refractivity contribution is 5.48. The average molecular weight is 283 g/mol. The molecule has 2 aromatic carbocycles. The molecule has 0 amide bonds. The van der Waals surface area contributed by atoms with Gasteiger partial charge in [-0.3, -0.25) is 0 Å². The molecule has 0 aliphatic heterocycles. The molecule has 4 heteroatoms. The molecule has 0 bridgehead atoms. The molecule has 2 rings (SSSR count). The standard InChI is InChI=1S/C17H18FN3/c1-2-21(16-10-8-15(18)9-11-16)13-17(20,12-19)14-6-4-3-5-7-14/h3-11H,2,13,20H2,1H3. The molecule has 1 unspecified atom stereocenters. The predicted octanol–water partition coefficient (Wildman–Crippen LogP) is 3.03. The molecule has 0 heterocycles. The van der Waals surface area contributed by atoms with E-state index in [1.54, 1.807) is 12.1 Å². The lowest BCUT2D eigenvalue weighted by atomic mass is 9.91. The summed E-state index contributed by atoms with van der Waals surface area (Å²) in [5.41, 5.74) is 6.80. The number of benzene rings is 2. The normalized spacial score (nSPS) is 13.2. The summed E-state index contributed by atoms with van der Waals surface area (Å²) < 4.78 is 13.0. The number of hydrogen-bond donors (Lipinski definition) is 1. The summed E-state index contributed by atoms with van der Waals surface area (Å²) in [4.78, 5) is 1.97. The summed E-state index contributed by atoms with van der Waals surface area (Å²) in [5.74, 6) is -0.280. The maximum atomic E-state index is 13.0. The third-order valence-electron chi connectivity index (χ3n) is 3.50. The van der Waals surface area contributed by atoms with Crippen LogP contribution in [0.15, 0.2) is 54.6 Å². The van der Waals surface area contributed by atoms with Gasteiger partial charge in [0.15, 0.2) is 0 Å². The maximum absolute atomic E-state index is 13.0. The summed E-state index contributed by atoms with van der Waals surface area (Å²) in [6.45, 7) is 3.00. The van der Waals surface area contributed by atoms with Gasteiger partial charge in [0.05, 0.1) is 12.6 Å². The number of likely N-dealkylation sites (N-methyl/N-ethyl adjacent to an activating group) is 1. The van der Waals surface area contributed by atoms with Gasteiger partial charge in [-0.2, -0.15) is 5.26 Å². The first-order valence-electron chi connectivity index (χ1n) is 6.85. The molecule has 0 radical (unpaired) electrons. The molecule has 2 aromatic rings. The fourth-order valence-corrected chi connectivity index (χ4v) is 2.27. The van der Waals surface area contributed by atoms with Crippen LogP contribution in [-0.2, 0) is 5.54 Å². The monoisotopic (exact) mass is 283 g/mol. The van der Waals surface area contributed by atoms with Crippen LogP contribution in [0.3, 0.4) is 0 Å². The molecule has 0 spiro atoms. The largest absolute Gasteiger partial charge is 0.369 e. The van der Waals surface area contributed by atoms with Crippen molar-refractivity contribution in [2.24, 2.45) is 5.73 Å². The Labute approximate surface area is 124 Å². The quantitative estimate of drug-likeness (QED) is 0.917. The van der Waals surface area contributed by atoms with E-state index in [2.05, 4.69) is 6.07 Å². The molecule has 0 saturated carbocycles. The van der Waals surface area contributed by atoms with Crippen molar-refractivity contribution in [2.45, 2.75) is 12.5 Å². The van der Waals surface area contributed by atoms with E-state index in [-0.39, 0.29) is 5.82 Å². The smallest absolute Gasteiger partial charge is 0.147 e. The molecule has 3 nitrogen and oxygen atoms in total. The first-order valence-corrected chi connectivity index (χ1v) is 6.85. The van der Waals surface area contributed by atoms with E-state index < -0.39 is 5.54 Å². The third-order valence-corrected chi connectivity index (χ3v) is 3.50. The number of rotatable bonds is 5. The van der Waals surface area contributed by atoms with E-state index in [9.17, 15) is 9.65 Å². The second-order valence-electron chi connectivity index (χ2n) is 4.94. The summed E-state index contributed by atoms with van der Waals surface area (Å²) in [7, 11) is 0. The number of nitriles is 1. The van der Waals surface area contributed by atoms with Gasteiger partial charge in [-0.05, 0) is 36.8 Å². The molecule has 2 N–H and O–H groups in total. The van der Waals surface area contributed by atoms with Crippen molar-refractivity contribution in [1.29, 1.82) is 5.26 Å². The van der Waals surface area contributed by atoms with Crippen molar-refractivity contribution in [3.8, 4) is 6.07 Å². The van der Waals surface area contributed by atoms with Crippen LogP contribution in [0.1, 0.15) is 12.5 Å². The Morgan fingerprint density at radius 2 is 1.76 bits per heavy atom. The SMILES string of the molecule is CCN(CC(N)(C#N)c1ccccc1)c1ccc(F)cc1. The number of nitrogens with zero attached hydrogens (tertiary/aromatic N) is 2. The Bertz CT molecular complexity index is 619. The van der Waals surface area contributed by atoms with E-state index in [1.807, 2.05) is 42.2 Å². The fraction of sp³-hybridized carbons (Fsp3) is 0.235. The Morgan fingerprint density at radius 1 is 1.14 bits per heavy atom. The number of halogens is 1. The third kappa shape index (κ3) is 3.39. The molecule has 0 fully saturated rings. The topological polar surface area (TPSA) is 53.0 Å². The van der Waals surface area contributed by atoms with Gasteiger partial charge < -0.3 is 10.6 Å². The Morgan fingerprint density at radius 3 is 2.29 bits per heavy atom. The molecule has 0 aromatic heterocycles. The molecule has 0 aliphatic carbocycles. The van der Waals surface area contributed by atoms with Crippen LogP contribution in [0.25, 0.3) is 0 Å². The van der Waals surface area contributed by atoms with Crippen LogP contribution < -0.4 is 10.6 Å². The van der Waals surface area contributed by atoms with Crippen molar-refractivity contribution in [3.05, 3.63) is 66.0 Å². The van der Waals surface area contributed by atoms with E-state index in [1.165, 1.54) is 12.1 Å².